The third kappa shape index (κ3) is 6.49. The molecule has 170 valence electrons. The Hall–Kier alpha value is -2.03. The molecule has 4 rings (SSSR count). The molecule has 2 aromatic rings. The number of halogens is 2. The molecule has 1 atom stereocenters. The molecule has 0 aromatic heterocycles. The van der Waals surface area contributed by atoms with Crippen LogP contribution in [0.3, 0.4) is 0 Å². The minimum absolute atomic E-state index is 0.387. The van der Waals surface area contributed by atoms with Crippen LogP contribution >= 0.6 is 35.0 Å². The maximum atomic E-state index is 9.55. The molecule has 1 fully saturated rings. The molecule has 9 heteroatoms. The molecule has 2 aromatic carbocycles. The van der Waals surface area contributed by atoms with Gasteiger partial charge in [-0.25, -0.2) is 9.59 Å². The van der Waals surface area contributed by atoms with Crippen molar-refractivity contribution in [3.05, 3.63) is 69.7 Å². The van der Waals surface area contributed by atoms with E-state index in [1.807, 2.05) is 6.07 Å². The van der Waals surface area contributed by atoms with Crippen molar-refractivity contribution >= 4 is 46.9 Å². The van der Waals surface area contributed by atoms with E-state index in [1.165, 1.54) is 16.0 Å². The SMILES string of the molecule is CN1CCN(C2Cc3cc(Cl)cc(Cl)c3Sc3ccccc32)CC1.O=C(O)/C=C\C(=O)O. The van der Waals surface area contributed by atoms with Gasteiger partial charge in [0.15, 0.2) is 0 Å². The van der Waals surface area contributed by atoms with Crippen LogP contribution in [0.4, 0.5) is 0 Å². The van der Waals surface area contributed by atoms with Crippen LogP contribution in [0.5, 0.6) is 0 Å². The van der Waals surface area contributed by atoms with Gasteiger partial charge in [-0.1, -0.05) is 53.2 Å². The van der Waals surface area contributed by atoms with Gasteiger partial charge in [0, 0.05) is 59.2 Å². The Morgan fingerprint density at radius 1 is 1.03 bits per heavy atom. The van der Waals surface area contributed by atoms with Crippen LogP contribution in [0, 0.1) is 0 Å². The van der Waals surface area contributed by atoms with Crippen molar-refractivity contribution in [2.75, 3.05) is 33.2 Å². The van der Waals surface area contributed by atoms with Gasteiger partial charge in [-0.2, -0.15) is 0 Å². The van der Waals surface area contributed by atoms with Crippen LogP contribution in [-0.4, -0.2) is 65.2 Å². The minimum Gasteiger partial charge on any atom is -0.478 e. The second-order valence-electron chi connectivity index (χ2n) is 7.58. The standard InChI is InChI=1S/C19H20Cl2N2S.C4H4O4/c1-22-6-8-23(9-7-22)17-11-13-10-14(20)12-16(21)19(13)24-18-5-3-2-4-15(17)18;5-3(6)1-2-4(7)8/h2-5,10,12,17H,6-9,11H2,1H3;1-2H,(H,5,6)(H,7,8)/b;2-1-. The summed E-state index contributed by atoms with van der Waals surface area (Å²) in [5.41, 5.74) is 2.67. The number of hydrogen-bond acceptors (Lipinski definition) is 5. The number of piperazine rings is 1. The first kappa shape index (κ1) is 24.6. The third-order valence-corrected chi connectivity index (χ3v) is 7.24. The van der Waals surface area contributed by atoms with Crippen molar-refractivity contribution < 1.29 is 19.8 Å². The van der Waals surface area contributed by atoms with Crippen LogP contribution in [0.1, 0.15) is 17.2 Å². The number of likely N-dealkylation sites (N-methyl/N-ethyl adjacent to an activating group) is 1. The van der Waals surface area contributed by atoms with Crippen LogP contribution in [0.15, 0.2) is 58.3 Å². The maximum absolute atomic E-state index is 9.55. The van der Waals surface area contributed by atoms with Crippen molar-refractivity contribution in [3.63, 3.8) is 0 Å². The summed E-state index contributed by atoms with van der Waals surface area (Å²) in [6.45, 7) is 4.44. The number of carboxylic acids is 2. The van der Waals surface area contributed by atoms with E-state index in [-0.39, 0.29) is 0 Å². The fraction of sp³-hybridized carbons (Fsp3) is 0.304. The Balaban J connectivity index is 0.000000312. The average molecular weight is 495 g/mol. The quantitative estimate of drug-likeness (QED) is 0.598. The minimum atomic E-state index is -1.26. The highest BCUT2D eigenvalue weighted by Gasteiger charge is 2.30. The number of carboxylic acid groups (broad SMARTS) is 2. The Morgan fingerprint density at radius 2 is 1.66 bits per heavy atom. The highest BCUT2D eigenvalue weighted by Crippen LogP contribution is 2.46. The number of fused-ring (bicyclic) bond motifs is 2. The summed E-state index contributed by atoms with van der Waals surface area (Å²) in [4.78, 5) is 26.6. The molecular formula is C23H24Cl2N2O4S. The first-order chi connectivity index (χ1) is 15.2. The van der Waals surface area contributed by atoms with Gasteiger partial charge in [0.05, 0.1) is 5.02 Å². The predicted molar refractivity (Wildman–Crippen MR) is 127 cm³/mol. The molecule has 0 bridgehead atoms. The zero-order chi connectivity index (χ0) is 23.3. The average Bonchev–Trinajstić information content (AvgIpc) is 2.91. The number of nitrogens with zero attached hydrogens (tertiary/aromatic N) is 2. The van der Waals surface area contributed by atoms with E-state index in [4.69, 9.17) is 33.4 Å². The molecule has 0 spiro atoms. The third-order valence-electron chi connectivity index (χ3n) is 5.34. The lowest BCUT2D eigenvalue weighted by Gasteiger charge is -2.38. The summed E-state index contributed by atoms with van der Waals surface area (Å²) in [5, 5.41) is 17.1. The molecule has 1 unspecified atom stereocenters. The van der Waals surface area contributed by atoms with E-state index in [9.17, 15) is 9.59 Å². The zero-order valence-electron chi connectivity index (χ0n) is 17.5. The molecule has 2 N–H and O–H groups in total. The van der Waals surface area contributed by atoms with Gasteiger partial charge >= 0.3 is 11.9 Å². The summed E-state index contributed by atoms with van der Waals surface area (Å²) >= 11 is 14.6. The first-order valence-electron chi connectivity index (χ1n) is 10.1. The van der Waals surface area contributed by atoms with Crippen LogP contribution in [0.2, 0.25) is 10.0 Å². The Kier molecular flexibility index (Phi) is 8.62. The van der Waals surface area contributed by atoms with Gasteiger partial charge in [-0.3, -0.25) is 4.90 Å². The number of rotatable bonds is 3. The van der Waals surface area contributed by atoms with E-state index in [2.05, 4.69) is 47.2 Å². The highest BCUT2D eigenvalue weighted by molar-refractivity contribution is 7.99. The molecular weight excluding hydrogens is 471 g/mol. The summed E-state index contributed by atoms with van der Waals surface area (Å²) in [6.07, 6.45) is 2.08. The van der Waals surface area contributed by atoms with E-state index < -0.39 is 11.9 Å². The molecule has 0 aliphatic carbocycles. The molecule has 32 heavy (non-hydrogen) atoms. The molecule has 0 saturated carbocycles. The van der Waals surface area contributed by atoms with Gasteiger partial charge in [0.25, 0.3) is 0 Å². The van der Waals surface area contributed by atoms with Gasteiger partial charge in [-0.15, -0.1) is 0 Å². The summed E-state index contributed by atoms with van der Waals surface area (Å²) in [7, 11) is 2.20. The van der Waals surface area contributed by atoms with E-state index >= 15 is 0 Å². The topological polar surface area (TPSA) is 81.1 Å². The van der Waals surface area contributed by atoms with Crippen molar-refractivity contribution in [2.24, 2.45) is 0 Å². The van der Waals surface area contributed by atoms with Crippen molar-refractivity contribution in [3.8, 4) is 0 Å². The van der Waals surface area contributed by atoms with Gasteiger partial charge in [-0.05, 0) is 42.8 Å². The van der Waals surface area contributed by atoms with Crippen molar-refractivity contribution in [1.29, 1.82) is 0 Å². The number of carbonyl (C=O) groups is 2. The lowest BCUT2D eigenvalue weighted by molar-refractivity contribution is -0.134. The van der Waals surface area contributed by atoms with Crippen molar-refractivity contribution in [1.82, 2.24) is 9.80 Å². The molecule has 0 amide bonds. The van der Waals surface area contributed by atoms with Crippen LogP contribution in [-0.2, 0) is 16.0 Å². The first-order valence-corrected chi connectivity index (χ1v) is 11.6. The number of benzene rings is 2. The highest BCUT2D eigenvalue weighted by atomic mass is 35.5. The Labute approximate surface area is 201 Å². The number of aliphatic carboxylic acids is 2. The van der Waals surface area contributed by atoms with Crippen LogP contribution in [0.25, 0.3) is 0 Å². The molecule has 0 radical (unpaired) electrons. The largest absolute Gasteiger partial charge is 0.478 e. The zero-order valence-corrected chi connectivity index (χ0v) is 19.8. The maximum Gasteiger partial charge on any atom is 0.328 e. The molecule has 2 aliphatic rings. The summed E-state index contributed by atoms with van der Waals surface area (Å²) in [5.74, 6) is -2.51. The van der Waals surface area contributed by atoms with E-state index in [1.54, 1.807) is 11.8 Å². The fourth-order valence-corrected chi connectivity index (χ4v) is 5.53. The summed E-state index contributed by atoms with van der Waals surface area (Å²) in [6, 6.07) is 13.1. The Morgan fingerprint density at radius 3 is 2.28 bits per heavy atom. The second-order valence-corrected chi connectivity index (χ2v) is 9.48. The molecule has 2 heterocycles. The van der Waals surface area contributed by atoms with E-state index in [0.717, 1.165) is 47.5 Å². The normalized spacial score (nSPS) is 18.8. The Bertz CT molecular complexity index is 1010. The monoisotopic (exact) mass is 494 g/mol. The summed E-state index contributed by atoms with van der Waals surface area (Å²) < 4.78 is 0. The van der Waals surface area contributed by atoms with Crippen molar-refractivity contribution in [2.45, 2.75) is 22.3 Å². The molecule has 2 aliphatic heterocycles. The number of hydrogen-bond donors (Lipinski definition) is 2. The fourth-order valence-electron chi connectivity index (χ4n) is 3.76. The smallest absolute Gasteiger partial charge is 0.328 e. The van der Waals surface area contributed by atoms with Gasteiger partial charge < -0.3 is 15.1 Å². The van der Waals surface area contributed by atoms with Gasteiger partial charge in [0.2, 0.25) is 0 Å². The lowest BCUT2D eigenvalue weighted by atomic mass is 9.96. The van der Waals surface area contributed by atoms with Gasteiger partial charge in [0.1, 0.15) is 0 Å². The predicted octanol–water partition coefficient (Wildman–Crippen LogP) is 4.70. The lowest BCUT2D eigenvalue weighted by Crippen LogP contribution is -2.46. The van der Waals surface area contributed by atoms with E-state index in [0.29, 0.717) is 18.2 Å². The van der Waals surface area contributed by atoms with Crippen LogP contribution < -0.4 is 0 Å². The second kappa shape index (κ2) is 11.2. The molecule has 6 nitrogen and oxygen atoms in total. The molecule has 1 saturated heterocycles.